The Kier molecular flexibility index (Phi) is 5.59. The lowest BCUT2D eigenvalue weighted by atomic mass is 10.2. The zero-order chi connectivity index (χ0) is 19.1. The van der Waals surface area contributed by atoms with Gasteiger partial charge in [0.15, 0.2) is 0 Å². The van der Waals surface area contributed by atoms with Crippen LogP contribution < -0.4 is 10.6 Å². The highest BCUT2D eigenvalue weighted by molar-refractivity contribution is 6.10. The molecule has 0 aliphatic carbocycles. The highest BCUT2D eigenvalue weighted by Crippen LogP contribution is 2.16. The van der Waals surface area contributed by atoms with Crippen LogP contribution in [0.2, 0.25) is 0 Å². The first-order valence-electron chi connectivity index (χ1n) is 8.20. The molecule has 2 aromatic carbocycles. The molecular weight excluding hydrogens is 342 g/mol. The Balaban J connectivity index is 1.86. The number of aromatic hydroxyl groups is 1. The zero-order valence-electron chi connectivity index (χ0n) is 14.3. The fourth-order valence-corrected chi connectivity index (χ4v) is 2.35. The van der Waals surface area contributed by atoms with Gasteiger partial charge < -0.3 is 15.7 Å². The average Bonchev–Trinajstić information content (AvgIpc) is 2.69. The van der Waals surface area contributed by atoms with Crippen molar-refractivity contribution in [1.82, 2.24) is 10.3 Å². The van der Waals surface area contributed by atoms with Gasteiger partial charge in [0.25, 0.3) is 11.8 Å². The Bertz CT molecular complexity index is 970. The van der Waals surface area contributed by atoms with E-state index < -0.39 is 11.8 Å². The summed E-state index contributed by atoms with van der Waals surface area (Å²) in [6.45, 7) is 0. The second-order valence-corrected chi connectivity index (χ2v) is 5.66. The quantitative estimate of drug-likeness (QED) is 0.610. The predicted molar refractivity (Wildman–Crippen MR) is 103 cm³/mol. The maximum absolute atomic E-state index is 12.7. The molecule has 3 aromatic rings. The molecule has 6 heteroatoms. The van der Waals surface area contributed by atoms with Crippen molar-refractivity contribution >= 4 is 23.6 Å². The minimum absolute atomic E-state index is 0.0285. The van der Waals surface area contributed by atoms with E-state index >= 15 is 0 Å². The number of pyridine rings is 1. The van der Waals surface area contributed by atoms with E-state index in [1.165, 1.54) is 12.1 Å². The Morgan fingerprint density at radius 1 is 0.926 bits per heavy atom. The van der Waals surface area contributed by atoms with E-state index in [4.69, 9.17) is 0 Å². The summed E-state index contributed by atoms with van der Waals surface area (Å²) in [6.07, 6.45) is 4.74. The number of phenols is 1. The summed E-state index contributed by atoms with van der Waals surface area (Å²) in [4.78, 5) is 29.1. The Morgan fingerprint density at radius 2 is 1.67 bits per heavy atom. The van der Waals surface area contributed by atoms with E-state index in [-0.39, 0.29) is 11.4 Å². The second kappa shape index (κ2) is 8.44. The number of amides is 2. The largest absolute Gasteiger partial charge is 0.508 e. The van der Waals surface area contributed by atoms with Crippen LogP contribution in [0.4, 0.5) is 5.69 Å². The minimum atomic E-state index is -0.512. The van der Waals surface area contributed by atoms with Crippen LogP contribution in [0.5, 0.6) is 5.75 Å². The molecule has 134 valence electrons. The molecule has 0 bridgehead atoms. The number of hydrogen-bond acceptors (Lipinski definition) is 4. The first-order valence-corrected chi connectivity index (χ1v) is 8.20. The third-order valence-electron chi connectivity index (χ3n) is 3.65. The van der Waals surface area contributed by atoms with E-state index in [1.54, 1.807) is 73.1 Å². The van der Waals surface area contributed by atoms with Crippen molar-refractivity contribution in [3.05, 3.63) is 95.9 Å². The van der Waals surface area contributed by atoms with Gasteiger partial charge in [-0.2, -0.15) is 0 Å². The molecule has 0 radical (unpaired) electrons. The number of anilines is 1. The highest BCUT2D eigenvalue weighted by Gasteiger charge is 2.15. The van der Waals surface area contributed by atoms with Crippen LogP contribution in [0, 0.1) is 0 Å². The first-order chi connectivity index (χ1) is 13.1. The summed E-state index contributed by atoms with van der Waals surface area (Å²) in [5, 5.41) is 14.9. The molecule has 0 aliphatic rings. The summed E-state index contributed by atoms with van der Waals surface area (Å²) < 4.78 is 0. The fourth-order valence-electron chi connectivity index (χ4n) is 2.35. The lowest BCUT2D eigenvalue weighted by Gasteiger charge is -2.11. The van der Waals surface area contributed by atoms with Gasteiger partial charge in [-0.1, -0.05) is 24.3 Å². The van der Waals surface area contributed by atoms with Crippen molar-refractivity contribution in [2.75, 3.05) is 5.32 Å². The van der Waals surface area contributed by atoms with Crippen LogP contribution in [-0.2, 0) is 4.79 Å². The molecule has 0 fully saturated rings. The number of carbonyl (C=O) groups is 2. The lowest BCUT2D eigenvalue weighted by molar-refractivity contribution is -0.113. The van der Waals surface area contributed by atoms with Crippen LogP contribution in [0.25, 0.3) is 6.08 Å². The molecule has 0 unspecified atom stereocenters. The van der Waals surface area contributed by atoms with Gasteiger partial charge in [0, 0.05) is 29.7 Å². The Hall–Kier alpha value is -3.93. The van der Waals surface area contributed by atoms with Crippen molar-refractivity contribution in [3.63, 3.8) is 0 Å². The molecule has 3 rings (SSSR count). The molecule has 0 saturated carbocycles. The molecule has 0 saturated heterocycles. The van der Waals surface area contributed by atoms with Crippen LogP contribution in [0.15, 0.2) is 84.8 Å². The van der Waals surface area contributed by atoms with Gasteiger partial charge in [-0.15, -0.1) is 0 Å². The van der Waals surface area contributed by atoms with Gasteiger partial charge in [-0.3, -0.25) is 14.6 Å². The summed E-state index contributed by atoms with van der Waals surface area (Å²) in [6, 6.07) is 18.2. The number of aromatic nitrogens is 1. The van der Waals surface area contributed by atoms with Crippen LogP contribution in [0.3, 0.4) is 0 Å². The van der Waals surface area contributed by atoms with E-state index in [0.717, 1.165) is 0 Å². The predicted octanol–water partition coefficient (Wildman–Crippen LogP) is 3.20. The number of rotatable bonds is 5. The first kappa shape index (κ1) is 17.9. The molecule has 0 aliphatic heterocycles. The number of nitrogens with zero attached hydrogens (tertiary/aromatic N) is 1. The van der Waals surface area contributed by atoms with E-state index in [9.17, 15) is 14.7 Å². The molecule has 1 heterocycles. The summed E-state index contributed by atoms with van der Waals surface area (Å²) >= 11 is 0. The van der Waals surface area contributed by atoms with Crippen molar-refractivity contribution in [2.45, 2.75) is 0 Å². The number of phenolic OH excluding ortho intramolecular Hbond substituents is 1. The third kappa shape index (κ3) is 5.02. The van der Waals surface area contributed by atoms with Gasteiger partial charge >= 0.3 is 0 Å². The van der Waals surface area contributed by atoms with Gasteiger partial charge in [-0.25, -0.2) is 0 Å². The normalized spacial score (nSPS) is 10.9. The molecule has 0 atom stereocenters. The van der Waals surface area contributed by atoms with Gasteiger partial charge in [-0.05, 0) is 48.0 Å². The summed E-state index contributed by atoms with van der Waals surface area (Å²) in [5.74, 6) is -0.885. The summed E-state index contributed by atoms with van der Waals surface area (Å²) in [7, 11) is 0. The zero-order valence-corrected chi connectivity index (χ0v) is 14.3. The molecule has 1 aromatic heterocycles. The number of carbonyl (C=O) groups excluding carboxylic acids is 2. The second-order valence-electron chi connectivity index (χ2n) is 5.66. The van der Waals surface area contributed by atoms with E-state index in [0.29, 0.717) is 16.8 Å². The Labute approximate surface area is 156 Å². The topological polar surface area (TPSA) is 91.3 Å². The molecule has 27 heavy (non-hydrogen) atoms. The van der Waals surface area contributed by atoms with Gasteiger partial charge in [0.1, 0.15) is 11.4 Å². The highest BCUT2D eigenvalue weighted by atomic mass is 16.3. The van der Waals surface area contributed by atoms with Crippen LogP contribution >= 0.6 is 0 Å². The van der Waals surface area contributed by atoms with E-state index in [2.05, 4.69) is 15.6 Å². The number of hydrogen-bond donors (Lipinski definition) is 3. The number of nitrogens with one attached hydrogen (secondary N) is 2. The minimum Gasteiger partial charge on any atom is -0.508 e. The Morgan fingerprint density at radius 3 is 2.37 bits per heavy atom. The van der Waals surface area contributed by atoms with Crippen molar-refractivity contribution in [1.29, 1.82) is 0 Å². The average molecular weight is 359 g/mol. The maximum atomic E-state index is 12.7. The fraction of sp³-hybridized carbons (Fsp3) is 0. The van der Waals surface area contributed by atoms with Crippen LogP contribution in [0.1, 0.15) is 15.9 Å². The lowest BCUT2D eigenvalue weighted by Crippen LogP contribution is -2.30. The molecule has 6 nitrogen and oxygen atoms in total. The maximum Gasteiger partial charge on any atom is 0.272 e. The monoisotopic (exact) mass is 359 g/mol. The smallest absolute Gasteiger partial charge is 0.272 e. The molecule has 2 amide bonds. The summed E-state index contributed by atoms with van der Waals surface area (Å²) in [5.41, 5.74) is 1.62. The molecular formula is C21H17N3O3. The van der Waals surface area contributed by atoms with Gasteiger partial charge in [0.05, 0.1) is 0 Å². The van der Waals surface area contributed by atoms with Crippen molar-refractivity contribution in [3.8, 4) is 5.75 Å². The molecule has 3 N–H and O–H groups in total. The van der Waals surface area contributed by atoms with Crippen LogP contribution in [-0.4, -0.2) is 21.9 Å². The molecule has 0 spiro atoms. The third-order valence-corrected chi connectivity index (χ3v) is 3.65. The number of benzene rings is 2. The van der Waals surface area contributed by atoms with E-state index in [1.807, 2.05) is 0 Å². The van der Waals surface area contributed by atoms with Crippen molar-refractivity contribution < 1.29 is 14.7 Å². The van der Waals surface area contributed by atoms with Crippen molar-refractivity contribution in [2.24, 2.45) is 0 Å². The van der Waals surface area contributed by atoms with Gasteiger partial charge in [0.2, 0.25) is 0 Å². The SMILES string of the molecule is O=C(Nc1cccc(O)c1)C(=Cc1ccncc1)NC(=O)c1ccccc1. The standard InChI is InChI=1S/C21H17N3O3/c25-18-8-4-7-17(14-18)23-21(27)19(13-15-9-11-22-12-10-15)24-20(26)16-5-2-1-3-6-16/h1-14,25H,(H,23,27)(H,24,26).